The number of halogens is 6. The fourth-order valence-corrected chi connectivity index (χ4v) is 5.52. The van der Waals surface area contributed by atoms with Crippen LogP contribution in [0.25, 0.3) is 22.4 Å². The van der Waals surface area contributed by atoms with Gasteiger partial charge in [0.05, 0.1) is 35.7 Å². The quantitative estimate of drug-likeness (QED) is 0.132. The number of H-pyrrole nitrogens is 1. The number of methoxy groups -OCH3 is 1. The molecule has 3 heterocycles. The molecule has 1 aliphatic rings. The summed E-state index contributed by atoms with van der Waals surface area (Å²) >= 11 is 0. The zero-order chi connectivity index (χ0) is 34.7. The normalized spacial score (nSPS) is 15.0. The maximum Gasteiger partial charge on any atom is 0.417 e. The molecule has 0 radical (unpaired) electrons. The van der Waals surface area contributed by atoms with Crippen molar-refractivity contribution in [3.05, 3.63) is 89.6 Å². The molecule has 0 saturated carbocycles. The summed E-state index contributed by atoms with van der Waals surface area (Å²) in [6, 6.07) is 7.83. The van der Waals surface area contributed by atoms with Crippen LogP contribution in [0.2, 0.25) is 0 Å². The van der Waals surface area contributed by atoms with Gasteiger partial charge in [-0.15, -0.1) is 12.4 Å². The molecule has 260 valence electrons. The number of amides is 3. The summed E-state index contributed by atoms with van der Waals surface area (Å²) in [6.45, 7) is 4.08. The Balaban J connectivity index is 0.00000541. The Morgan fingerprint density at radius 3 is 2.35 bits per heavy atom. The van der Waals surface area contributed by atoms with Gasteiger partial charge in [0.1, 0.15) is 17.7 Å². The number of hydrogen-bond donors (Lipinski definition) is 3. The van der Waals surface area contributed by atoms with Gasteiger partial charge < -0.3 is 25.3 Å². The maximum absolute atomic E-state index is 15.1. The number of ether oxygens (including phenoxy) is 1. The lowest BCUT2D eigenvalue weighted by Crippen LogP contribution is -2.51. The summed E-state index contributed by atoms with van der Waals surface area (Å²) in [7, 11) is 1.22. The molecule has 2 aromatic heterocycles. The fourth-order valence-electron chi connectivity index (χ4n) is 5.52. The molecular weight excluding hydrogens is 675 g/mol. The van der Waals surface area contributed by atoms with E-state index < -0.39 is 52.8 Å². The van der Waals surface area contributed by atoms with Gasteiger partial charge in [-0.2, -0.15) is 17.6 Å². The average Bonchev–Trinajstić information content (AvgIpc) is 3.74. The first-order valence-electron chi connectivity index (χ1n) is 14.9. The van der Waals surface area contributed by atoms with E-state index in [1.165, 1.54) is 31.4 Å². The van der Waals surface area contributed by atoms with Crippen LogP contribution in [0.4, 0.5) is 32.4 Å². The second-order valence-corrected chi connectivity index (χ2v) is 11.5. The number of likely N-dealkylation sites (tertiary alicyclic amines) is 1. The molecule has 1 saturated heterocycles. The number of aromatic nitrogens is 3. The van der Waals surface area contributed by atoms with Gasteiger partial charge in [-0.25, -0.2) is 19.2 Å². The Morgan fingerprint density at radius 1 is 1.04 bits per heavy atom. The van der Waals surface area contributed by atoms with E-state index in [1.807, 2.05) is 13.8 Å². The molecule has 1 fully saturated rings. The van der Waals surface area contributed by atoms with Crippen LogP contribution in [-0.4, -0.2) is 57.5 Å². The minimum atomic E-state index is -4.90. The second-order valence-electron chi connectivity index (χ2n) is 11.5. The molecule has 3 amide bonds. The molecule has 3 N–H and O–H groups in total. The van der Waals surface area contributed by atoms with Gasteiger partial charge in [0.2, 0.25) is 11.9 Å². The van der Waals surface area contributed by atoms with Crippen LogP contribution in [0.5, 0.6) is 0 Å². The molecule has 2 atom stereocenters. The third kappa shape index (κ3) is 8.16. The Kier molecular flexibility index (Phi) is 11.3. The van der Waals surface area contributed by atoms with Gasteiger partial charge in [-0.3, -0.25) is 9.59 Å². The SMILES string of the molecule is COC(=O)N[C@H](C(=O)N1CCC[C@H]1c1nc(-c2ccc(-c3cc(F)c(NC(=O)c4ccc(F)nc4)cc3C(F)(F)F)cc2)c[nH]1)C(C)C.Cl. The summed E-state index contributed by atoms with van der Waals surface area (Å²) < 4.78 is 75.3. The zero-order valence-corrected chi connectivity index (χ0v) is 27.2. The van der Waals surface area contributed by atoms with Crippen molar-refractivity contribution in [2.24, 2.45) is 5.92 Å². The second kappa shape index (κ2) is 15.0. The number of carbonyl (C=O) groups is 3. The third-order valence-electron chi connectivity index (χ3n) is 7.98. The summed E-state index contributed by atoms with van der Waals surface area (Å²) in [5, 5.41) is 4.68. The van der Waals surface area contributed by atoms with E-state index in [0.29, 0.717) is 48.6 Å². The Hall–Kier alpha value is -5.05. The summed E-state index contributed by atoms with van der Waals surface area (Å²) in [5.74, 6) is -2.91. The van der Waals surface area contributed by atoms with Crippen LogP contribution in [-0.2, 0) is 15.7 Å². The Bertz CT molecular complexity index is 1820. The van der Waals surface area contributed by atoms with E-state index in [1.54, 1.807) is 11.1 Å². The minimum Gasteiger partial charge on any atom is -0.453 e. The number of carbonyl (C=O) groups excluding carboxylic acids is 3. The van der Waals surface area contributed by atoms with Crippen molar-refractivity contribution in [3.8, 4) is 22.4 Å². The van der Waals surface area contributed by atoms with E-state index in [4.69, 9.17) is 0 Å². The van der Waals surface area contributed by atoms with Gasteiger partial charge in [-0.05, 0) is 54.2 Å². The predicted octanol–water partition coefficient (Wildman–Crippen LogP) is 7.15. The largest absolute Gasteiger partial charge is 0.453 e. The average molecular weight is 707 g/mol. The number of nitrogens with zero attached hydrogens (tertiary/aromatic N) is 3. The monoisotopic (exact) mass is 706 g/mol. The standard InChI is InChI=1S/C33H31F5N6O4.ClH/c1-17(2)28(43-32(47)48-3)31(46)44-12-4-5-26(44)29-40-16-25(41-29)19-8-6-18(7-9-19)21-13-23(34)24(14-22(21)33(36,37)38)42-30(45)20-10-11-27(35)39-15-20;/h6-11,13-17,26,28H,4-5,12H2,1-3H3,(H,40,41)(H,42,45)(H,43,47);1H/t26-,28-;/m0./s1. The van der Waals surface area contributed by atoms with Crippen LogP contribution in [0.1, 0.15) is 54.5 Å². The van der Waals surface area contributed by atoms with E-state index >= 15 is 4.39 Å². The van der Waals surface area contributed by atoms with Crippen LogP contribution in [0.3, 0.4) is 0 Å². The number of anilines is 1. The Labute approximate surface area is 283 Å². The molecule has 0 aliphatic carbocycles. The molecule has 0 spiro atoms. The molecule has 5 rings (SSSR count). The molecule has 0 unspecified atom stereocenters. The summed E-state index contributed by atoms with van der Waals surface area (Å²) in [6.07, 6.45) is -1.78. The molecule has 0 bridgehead atoms. The van der Waals surface area contributed by atoms with Gasteiger partial charge in [0.15, 0.2) is 0 Å². The number of rotatable bonds is 8. The molecular formula is C33H32ClF5N6O4. The molecule has 16 heteroatoms. The van der Waals surface area contributed by atoms with Crippen LogP contribution in [0, 0.1) is 17.7 Å². The lowest BCUT2D eigenvalue weighted by atomic mass is 9.96. The lowest BCUT2D eigenvalue weighted by Gasteiger charge is -2.29. The first-order chi connectivity index (χ1) is 22.8. The van der Waals surface area contributed by atoms with Gasteiger partial charge >= 0.3 is 12.3 Å². The summed E-state index contributed by atoms with van der Waals surface area (Å²) in [4.78, 5) is 50.4. The first kappa shape index (κ1) is 36.8. The predicted molar refractivity (Wildman–Crippen MR) is 172 cm³/mol. The number of alkyl halides is 3. The topological polar surface area (TPSA) is 129 Å². The van der Waals surface area contributed by atoms with Crippen molar-refractivity contribution in [2.45, 2.75) is 44.9 Å². The molecule has 4 aromatic rings. The number of hydrogen-bond acceptors (Lipinski definition) is 6. The smallest absolute Gasteiger partial charge is 0.417 e. The first-order valence-corrected chi connectivity index (χ1v) is 14.9. The number of nitrogens with one attached hydrogen (secondary N) is 3. The van der Waals surface area contributed by atoms with Crippen LogP contribution < -0.4 is 10.6 Å². The third-order valence-corrected chi connectivity index (χ3v) is 7.98. The van der Waals surface area contributed by atoms with E-state index in [9.17, 15) is 31.9 Å². The van der Waals surface area contributed by atoms with Crippen LogP contribution in [0.15, 0.2) is 60.9 Å². The van der Waals surface area contributed by atoms with Crippen molar-refractivity contribution in [3.63, 3.8) is 0 Å². The Morgan fingerprint density at radius 2 is 1.73 bits per heavy atom. The van der Waals surface area contributed by atoms with Crippen LogP contribution >= 0.6 is 12.4 Å². The highest BCUT2D eigenvalue weighted by Gasteiger charge is 2.38. The van der Waals surface area contributed by atoms with Crippen molar-refractivity contribution in [2.75, 3.05) is 19.0 Å². The van der Waals surface area contributed by atoms with Crippen molar-refractivity contribution >= 4 is 36.0 Å². The number of alkyl carbamates (subject to hydrolysis) is 1. The van der Waals surface area contributed by atoms with Gasteiger partial charge in [0, 0.05) is 24.5 Å². The highest BCUT2D eigenvalue weighted by molar-refractivity contribution is 6.04. The van der Waals surface area contributed by atoms with Gasteiger partial charge in [-0.1, -0.05) is 38.1 Å². The lowest BCUT2D eigenvalue weighted by molar-refractivity contribution is -0.137. The van der Waals surface area contributed by atoms with E-state index in [2.05, 4.69) is 30.3 Å². The molecule has 49 heavy (non-hydrogen) atoms. The number of benzene rings is 2. The number of imidazole rings is 1. The van der Waals surface area contributed by atoms with E-state index in [0.717, 1.165) is 18.3 Å². The van der Waals surface area contributed by atoms with Crippen molar-refractivity contribution in [1.29, 1.82) is 0 Å². The van der Waals surface area contributed by atoms with E-state index in [-0.39, 0.29) is 41.4 Å². The molecule has 10 nitrogen and oxygen atoms in total. The number of aromatic amines is 1. The zero-order valence-electron chi connectivity index (χ0n) is 26.4. The number of pyridine rings is 1. The molecule has 1 aliphatic heterocycles. The maximum atomic E-state index is 15.1. The minimum absolute atomic E-state index is 0. The highest BCUT2D eigenvalue weighted by Crippen LogP contribution is 2.40. The highest BCUT2D eigenvalue weighted by atomic mass is 35.5. The summed E-state index contributed by atoms with van der Waals surface area (Å²) in [5.41, 5.74) is -1.43. The molecule has 2 aromatic carbocycles. The fraction of sp³-hybridized carbons (Fsp3) is 0.303. The van der Waals surface area contributed by atoms with Crippen molar-refractivity contribution < 1.29 is 41.1 Å². The van der Waals surface area contributed by atoms with Gasteiger partial charge in [0.25, 0.3) is 5.91 Å². The van der Waals surface area contributed by atoms with Crippen molar-refractivity contribution in [1.82, 2.24) is 25.2 Å².